The number of aliphatic imine (C=N–C) groups is 1. The molecule has 8 nitrogen and oxygen atoms in total. The number of nitrogens with zero attached hydrogens (tertiary/aromatic N) is 7. The van der Waals surface area contributed by atoms with E-state index in [2.05, 4.69) is 57.8 Å². The zero-order valence-corrected chi connectivity index (χ0v) is 24.8. The van der Waals surface area contributed by atoms with Crippen molar-refractivity contribution in [1.29, 1.82) is 0 Å². The lowest BCUT2D eigenvalue weighted by Crippen LogP contribution is -2.32. The molecule has 0 spiro atoms. The second kappa shape index (κ2) is 12.1. The Morgan fingerprint density at radius 2 is 1.73 bits per heavy atom. The minimum absolute atomic E-state index is 0.268. The number of benzene rings is 2. The van der Waals surface area contributed by atoms with Crippen LogP contribution in [-0.2, 0) is 6.54 Å². The molecule has 2 aromatic heterocycles. The van der Waals surface area contributed by atoms with Crippen LogP contribution in [-0.4, -0.2) is 54.6 Å². The maximum absolute atomic E-state index is 13.8. The topological polar surface area (TPSA) is 85.7 Å². The highest BCUT2D eigenvalue weighted by Gasteiger charge is 2.27. The summed E-state index contributed by atoms with van der Waals surface area (Å²) in [4.78, 5) is 16.5. The summed E-state index contributed by atoms with van der Waals surface area (Å²) in [5, 5.41) is 14.1. The molecule has 7 rings (SSSR count). The average molecular weight is 587 g/mol. The maximum atomic E-state index is 13.8. The molecule has 2 fully saturated rings. The summed E-state index contributed by atoms with van der Waals surface area (Å²) >= 11 is 0. The van der Waals surface area contributed by atoms with Crippen molar-refractivity contribution in [2.45, 2.75) is 45.1 Å². The fraction of sp³-hybridized carbons (Fsp3) is 0.286. The van der Waals surface area contributed by atoms with E-state index in [-0.39, 0.29) is 5.82 Å². The Kier molecular flexibility index (Phi) is 7.70. The molecule has 1 saturated heterocycles. The van der Waals surface area contributed by atoms with Gasteiger partial charge in [0.2, 0.25) is 0 Å². The minimum atomic E-state index is -0.268. The summed E-state index contributed by atoms with van der Waals surface area (Å²) in [6.45, 7) is 9.12. The van der Waals surface area contributed by atoms with Gasteiger partial charge in [0.15, 0.2) is 5.82 Å². The molecule has 9 heteroatoms. The molecule has 3 aliphatic rings. The molecule has 0 unspecified atom stereocenters. The minimum Gasteiger partial charge on any atom is -0.299 e. The third kappa shape index (κ3) is 6.14. The van der Waals surface area contributed by atoms with Gasteiger partial charge in [0.05, 0.1) is 5.71 Å². The van der Waals surface area contributed by atoms with E-state index in [1.165, 1.54) is 30.5 Å². The molecule has 0 atom stereocenters. The Morgan fingerprint density at radius 1 is 0.977 bits per heavy atom. The van der Waals surface area contributed by atoms with Crippen molar-refractivity contribution in [2.75, 3.05) is 13.1 Å². The highest BCUT2D eigenvalue weighted by atomic mass is 19.1. The molecule has 1 saturated carbocycles. The lowest BCUT2D eigenvalue weighted by molar-refractivity contribution is 0.202. The van der Waals surface area contributed by atoms with Crippen LogP contribution in [0.25, 0.3) is 17.1 Å². The number of hydrogen-bond acceptors (Lipinski definition) is 7. The van der Waals surface area contributed by atoms with Gasteiger partial charge in [-0.15, -0.1) is 0 Å². The average Bonchev–Trinajstić information content (AvgIpc) is 3.80. The lowest BCUT2D eigenvalue weighted by atomic mass is 9.94. The first kappa shape index (κ1) is 28.0. The molecule has 4 aromatic rings. The highest BCUT2D eigenvalue weighted by molar-refractivity contribution is 6.32. The predicted molar refractivity (Wildman–Crippen MR) is 171 cm³/mol. The Hall–Kier alpha value is -4.76. The number of aromatic nitrogens is 4. The van der Waals surface area contributed by atoms with Gasteiger partial charge in [0.1, 0.15) is 23.2 Å². The van der Waals surface area contributed by atoms with Gasteiger partial charge < -0.3 is 0 Å². The van der Waals surface area contributed by atoms with Crippen LogP contribution in [0, 0.1) is 11.7 Å². The molecular formula is C35H35FN8. The van der Waals surface area contributed by atoms with Crippen LogP contribution in [0.5, 0.6) is 0 Å². The quantitative estimate of drug-likeness (QED) is 0.230. The summed E-state index contributed by atoms with van der Waals surface area (Å²) in [6.07, 6.45) is 8.14. The summed E-state index contributed by atoms with van der Waals surface area (Å²) < 4.78 is 13.8. The van der Waals surface area contributed by atoms with E-state index in [1.807, 2.05) is 24.4 Å². The molecule has 44 heavy (non-hydrogen) atoms. The molecule has 4 heterocycles. The van der Waals surface area contributed by atoms with Crippen molar-refractivity contribution in [1.82, 2.24) is 30.1 Å². The van der Waals surface area contributed by atoms with Crippen LogP contribution in [0.4, 0.5) is 4.39 Å². The molecule has 2 aromatic carbocycles. The number of rotatable bonds is 8. The van der Waals surface area contributed by atoms with Crippen molar-refractivity contribution in [2.24, 2.45) is 16.0 Å². The van der Waals surface area contributed by atoms with Crippen LogP contribution >= 0.6 is 0 Å². The fourth-order valence-electron chi connectivity index (χ4n) is 5.86. The number of allylic oxidation sites excluding steroid dienone is 1. The number of likely N-dealkylation sites (tertiary alicyclic amines) is 1. The Morgan fingerprint density at radius 3 is 2.43 bits per heavy atom. The van der Waals surface area contributed by atoms with E-state index in [9.17, 15) is 4.39 Å². The zero-order chi connectivity index (χ0) is 30.0. The van der Waals surface area contributed by atoms with Crippen molar-refractivity contribution in [3.63, 3.8) is 0 Å². The fourth-order valence-corrected chi connectivity index (χ4v) is 5.86. The number of nitrogens with one attached hydrogen (secondary N) is 1. The Bertz CT molecular complexity index is 1730. The smallest absolute Gasteiger partial charge is 0.199 e. The Balaban J connectivity index is 1.03. The molecule has 1 N–H and O–H groups in total. The van der Waals surface area contributed by atoms with Gasteiger partial charge in [-0.3, -0.25) is 15.0 Å². The van der Waals surface area contributed by atoms with Crippen LogP contribution in [0.15, 0.2) is 102 Å². The predicted octanol–water partition coefficient (Wildman–Crippen LogP) is 6.79. The summed E-state index contributed by atoms with van der Waals surface area (Å²) in [5.74, 6) is 2.81. The second-order valence-electron chi connectivity index (χ2n) is 11.8. The summed E-state index contributed by atoms with van der Waals surface area (Å²) in [7, 11) is 0. The molecule has 0 bridgehead atoms. The number of halogens is 1. The van der Waals surface area contributed by atoms with Gasteiger partial charge in [-0.25, -0.2) is 19.4 Å². The van der Waals surface area contributed by atoms with Gasteiger partial charge >= 0.3 is 0 Å². The molecule has 1 aliphatic carbocycles. The summed E-state index contributed by atoms with van der Waals surface area (Å²) in [6, 6.07) is 20.9. The van der Waals surface area contributed by atoms with Crippen LogP contribution < -0.4 is 0 Å². The third-order valence-electron chi connectivity index (χ3n) is 8.61. The molecular weight excluding hydrogens is 551 g/mol. The number of hydrazone groups is 1. The van der Waals surface area contributed by atoms with E-state index in [0.29, 0.717) is 23.5 Å². The molecule has 2 aliphatic heterocycles. The third-order valence-corrected chi connectivity index (χ3v) is 8.61. The van der Waals surface area contributed by atoms with E-state index < -0.39 is 0 Å². The number of aromatic amines is 1. The van der Waals surface area contributed by atoms with E-state index in [4.69, 9.17) is 15.1 Å². The van der Waals surface area contributed by atoms with Crippen molar-refractivity contribution in [3.8, 4) is 11.5 Å². The van der Waals surface area contributed by atoms with E-state index in [1.54, 1.807) is 23.3 Å². The first-order chi connectivity index (χ1) is 21.5. The van der Waals surface area contributed by atoms with Gasteiger partial charge in [-0.1, -0.05) is 49.0 Å². The standard InChI is InChI=1S/C35H35FN8/c1-23(26-10-11-26)42-44-22-31(27-12-14-30(36)15-13-27)33(38-24(44)2)28-8-6-25(7-9-28)21-43-19-16-29(17-20-43)34-39-35(41-40-34)32-5-3-4-18-37-32/h3-9,12-15,18,22,26,29H,2,10-11,16-17,19-21H2,1H3,(H,39,40,41)/b42-23+. The highest BCUT2D eigenvalue weighted by Crippen LogP contribution is 2.33. The maximum Gasteiger partial charge on any atom is 0.199 e. The van der Waals surface area contributed by atoms with Crippen molar-refractivity contribution in [3.05, 3.63) is 120 Å². The summed E-state index contributed by atoms with van der Waals surface area (Å²) in [5.41, 5.74) is 6.68. The number of pyridine rings is 1. The number of H-pyrrole nitrogens is 1. The van der Waals surface area contributed by atoms with Gasteiger partial charge in [0, 0.05) is 41.7 Å². The van der Waals surface area contributed by atoms with Gasteiger partial charge in [-0.05, 0) is 87.0 Å². The molecule has 222 valence electrons. The molecule has 0 radical (unpaired) electrons. The first-order valence-corrected chi connectivity index (χ1v) is 15.3. The van der Waals surface area contributed by atoms with Crippen molar-refractivity contribution >= 4 is 17.0 Å². The van der Waals surface area contributed by atoms with Crippen LogP contribution in [0.3, 0.4) is 0 Å². The SMILES string of the molecule is C=C1N=C(c2ccc(CN3CCC(c4nc(-c5ccccn5)n[nH]4)CC3)cc2)C(c2ccc(F)cc2)=CN1/N=C(\C)C1CC1. The zero-order valence-electron chi connectivity index (χ0n) is 24.8. The van der Waals surface area contributed by atoms with Gasteiger partial charge in [0.25, 0.3) is 0 Å². The second-order valence-corrected chi connectivity index (χ2v) is 11.8. The van der Waals surface area contributed by atoms with Crippen LogP contribution in [0.2, 0.25) is 0 Å². The van der Waals surface area contributed by atoms with E-state index in [0.717, 1.165) is 72.1 Å². The van der Waals surface area contributed by atoms with Crippen LogP contribution in [0.1, 0.15) is 61.0 Å². The van der Waals surface area contributed by atoms with E-state index >= 15 is 0 Å². The Labute approximate surface area is 256 Å². The number of piperidine rings is 1. The molecule has 0 amide bonds. The number of hydrogen-bond donors (Lipinski definition) is 1. The largest absolute Gasteiger partial charge is 0.299 e. The first-order valence-electron chi connectivity index (χ1n) is 15.3. The lowest BCUT2D eigenvalue weighted by Gasteiger charge is -2.31. The van der Waals surface area contributed by atoms with Gasteiger partial charge in [-0.2, -0.15) is 10.2 Å². The normalized spacial score (nSPS) is 18.4. The van der Waals surface area contributed by atoms with Crippen molar-refractivity contribution < 1.29 is 4.39 Å². The monoisotopic (exact) mass is 586 g/mol.